The van der Waals surface area contributed by atoms with Gasteiger partial charge in [0.15, 0.2) is 5.65 Å². The minimum atomic E-state index is -0.222. The Morgan fingerprint density at radius 3 is 2.59 bits per heavy atom. The van der Waals surface area contributed by atoms with Crippen LogP contribution in [0, 0.1) is 6.92 Å². The predicted molar refractivity (Wildman–Crippen MR) is 90.8 cm³/mol. The number of hydrogen-bond acceptors (Lipinski definition) is 4. The molecule has 0 aliphatic carbocycles. The molecule has 0 saturated carbocycles. The van der Waals surface area contributed by atoms with Crippen molar-refractivity contribution < 1.29 is 5.11 Å². The molecule has 0 atom stereocenters. The Kier molecular flexibility index (Phi) is 3.53. The summed E-state index contributed by atoms with van der Waals surface area (Å²) in [5.41, 5.74) is 2.41. The largest absolute Gasteiger partial charge is 0.505 e. The lowest BCUT2D eigenvalue weighted by molar-refractivity contribution is 0.482. The highest BCUT2D eigenvalue weighted by molar-refractivity contribution is 7.19. The number of nitrogens with zero attached hydrogens (tertiary/aromatic N) is 2. The fraction of sp³-hybridized carbons (Fsp3) is 0.294. The van der Waals surface area contributed by atoms with Gasteiger partial charge in [-0.05, 0) is 18.1 Å². The van der Waals surface area contributed by atoms with Gasteiger partial charge in [-0.25, -0.2) is 4.98 Å². The van der Waals surface area contributed by atoms with Crippen molar-refractivity contribution in [3.8, 4) is 16.9 Å². The van der Waals surface area contributed by atoms with Gasteiger partial charge in [0.1, 0.15) is 10.4 Å². The normalized spacial score (nSPS) is 11.5. The molecule has 22 heavy (non-hydrogen) atoms. The maximum absolute atomic E-state index is 12.7. The van der Waals surface area contributed by atoms with E-state index in [1.807, 2.05) is 31.2 Å². The summed E-state index contributed by atoms with van der Waals surface area (Å²) in [5, 5.41) is 11.6. The van der Waals surface area contributed by atoms with Gasteiger partial charge in [0, 0.05) is 13.0 Å². The van der Waals surface area contributed by atoms with Crippen LogP contribution in [0.3, 0.4) is 0 Å². The van der Waals surface area contributed by atoms with Crippen molar-refractivity contribution in [1.29, 1.82) is 0 Å². The highest BCUT2D eigenvalue weighted by Gasteiger charge is 2.21. The standard InChI is InChI=1S/C17H18N2O2S/c1-9(2)16-18-15-14(22-16)13(20)12(17(21)19(15)4)11-8-6-5-7-10(11)3/h5-9,20H,1-4H3. The molecule has 5 heteroatoms. The van der Waals surface area contributed by atoms with Crippen molar-refractivity contribution >= 4 is 21.7 Å². The van der Waals surface area contributed by atoms with Crippen LogP contribution >= 0.6 is 11.3 Å². The van der Waals surface area contributed by atoms with E-state index < -0.39 is 0 Å². The van der Waals surface area contributed by atoms with E-state index in [1.165, 1.54) is 15.9 Å². The van der Waals surface area contributed by atoms with Gasteiger partial charge in [0.2, 0.25) is 0 Å². The summed E-state index contributed by atoms with van der Waals surface area (Å²) in [7, 11) is 1.70. The minimum Gasteiger partial charge on any atom is -0.505 e. The van der Waals surface area contributed by atoms with Crippen LogP contribution in [-0.2, 0) is 7.05 Å². The molecule has 1 aromatic carbocycles. The predicted octanol–water partition coefficient (Wildman–Crippen LogP) is 3.80. The highest BCUT2D eigenvalue weighted by atomic mass is 32.1. The fourth-order valence-corrected chi connectivity index (χ4v) is 3.58. The number of aromatic nitrogens is 2. The Bertz CT molecular complexity index is 922. The van der Waals surface area contributed by atoms with Crippen LogP contribution in [0.25, 0.3) is 21.5 Å². The Labute approximate surface area is 132 Å². The molecule has 1 N–H and O–H groups in total. The first-order valence-electron chi connectivity index (χ1n) is 7.20. The molecular formula is C17H18N2O2S. The van der Waals surface area contributed by atoms with Gasteiger partial charge >= 0.3 is 0 Å². The molecule has 0 fully saturated rings. The second kappa shape index (κ2) is 5.25. The van der Waals surface area contributed by atoms with Crippen LogP contribution in [0.5, 0.6) is 5.75 Å². The average molecular weight is 314 g/mol. The molecule has 3 rings (SSSR count). The molecule has 0 unspecified atom stereocenters. The lowest BCUT2D eigenvalue weighted by atomic mass is 10.0. The molecule has 2 aromatic heterocycles. The second-order valence-electron chi connectivity index (χ2n) is 5.76. The second-order valence-corrected chi connectivity index (χ2v) is 6.79. The number of fused-ring (bicyclic) bond motifs is 1. The number of benzene rings is 1. The number of thiazole rings is 1. The summed E-state index contributed by atoms with van der Waals surface area (Å²) >= 11 is 1.45. The SMILES string of the molecule is Cc1ccccc1-c1c(O)c2sc(C(C)C)nc2n(C)c1=O. The first kappa shape index (κ1) is 14.8. The first-order chi connectivity index (χ1) is 10.4. The van der Waals surface area contributed by atoms with Crippen LogP contribution in [0.2, 0.25) is 0 Å². The van der Waals surface area contributed by atoms with E-state index in [0.29, 0.717) is 15.9 Å². The number of rotatable bonds is 2. The summed E-state index contributed by atoms with van der Waals surface area (Å²) in [6.07, 6.45) is 0. The molecule has 0 spiro atoms. The molecule has 0 bridgehead atoms. The quantitative estimate of drug-likeness (QED) is 0.783. The molecule has 0 saturated heterocycles. The third-order valence-electron chi connectivity index (χ3n) is 3.82. The zero-order valence-corrected chi connectivity index (χ0v) is 13.9. The van der Waals surface area contributed by atoms with Crippen LogP contribution in [0.4, 0.5) is 0 Å². The van der Waals surface area contributed by atoms with Gasteiger partial charge in [-0.15, -0.1) is 11.3 Å². The van der Waals surface area contributed by atoms with Crippen LogP contribution in [-0.4, -0.2) is 14.7 Å². The van der Waals surface area contributed by atoms with Gasteiger partial charge in [-0.2, -0.15) is 0 Å². The molecule has 2 heterocycles. The van der Waals surface area contributed by atoms with Crippen LogP contribution < -0.4 is 5.56 Å². The molecule has 0 aliphatic heterocycles. The van der Waals surface area contributed by atoms with Crippen LogP contribution in [0.1, 0.15) is 30.3 Å². The summed E-state index contributed by atoms with van der Waals surface area (Å²) in [5.74, 6) is 0.297. The molecule has 114 valence electrons. The van der Waals surface area contributed by atoms with Crippen molar-refractivity contribution in [1.82, 2.24) is 9.55 Å². The Morgan fingerprint density at radius 1 is 1.27 bits per heavy atom. The molecule has 4 nitrogen and oxygen atoms in total. The van der Waals surface area contributed by atoms with Crippen molar-refractivity contribution in [3.63, 3.8) is 0 Å². The number of pyridine rings is 1. The van der Waals surface area contributed by atoms with E-state index in [0.717, 1.165) is 16.1 Å². The topological polar surface area (TPSA) is 55.1 Å². The van der Waals surface area contributed by atoms with Gasteiger partial charge in [-0.3, -0.25) is 9.36 Å². The van der Waals surface area contributed by atoms with Gasteiger partial charge in [-0.1, -0.05) is 38.1 Å². The number of aromatic hydroxyl groups is 1. The highest BCUT2D eigenvalue weighted by Crippen LogP contribution is 2.38. The maximum atomic E-state index is 12.7. The lowest BCUT2D eigenvalue weighted by Gasteiger charge is -2.10. The summed E-state index contributed by atoms with van der Waals surface area (Å²) in [4.78, 5) is 17.2. The Hall–Kier alpha value is -2.14. The fourth-order valence-electron chi connectivity index (χ4n) is 2.53. The summed E-state index contributed by atoms with van der Waals surface area (Å²) < 4.78 is 2.20. The van der Waals surface area contributed by atoms with Crippen molar-refractivity contribution in [2.75, 3.05) is 0 Å². The monoisotopic (exact) mass is 314 g/mol. The van der Waals surface area contributed by atoms with Crippen LogP contribution in [0.15, 0.2) is 29.1 Å². The van der Waals surface area contributed by atoms with Gasteiger partial charge in [0.05, 0.1) is 10.6 Å². The molecular weight excluding hydrogens is 296 g/mol. The third kappa shape index (κ3) is 2.13. The van der Waals surface area contributed by atoms with E-state index in [4.69, 9.17) is 0 Å². The van der Waals surface area contributed by atoms with E-state index in [1.54, 1.807) is 7.05 Å². The zero-order chi connectivity index (χ0) is 16.0. The minimum absolute atomic E-state index is 0.0387. The maximum Gasteiger partial charge on any atom is 0.263 e. The van der Waals surface area contributed by atoms with Gasteiger partial charge < -0.3 is 5.11 Å². The molecule has 3 aromatic rings. The van der Waals surface area contributed by atoms with Crippen molar-refractivity contribution in [2.45, 2.75) is 26.7 Å². The Balaban J connectivity index is 2.42. The van der Waals surface area contributed by atoms with E-state index >= 15 is 0 Å². The van der Waals surface area contributed by atoms with Gasteiger partial charge in [0.25, 0.3) is 5.56 Å². The summed E-state index contributed by atoms with van der Waals surface area (Å²) in [6.45, 7) is 6.04. The Morgan fingerprint density at radius 2 is 1.95 bits per heavy atom. The number of hydrogen-bond donors (Lipinski definition) is 1. The van der Waals surface area contributed by atoms with E-state index in [2.05, 4.69) is 18.8 Å². The van der Waals surface area contributed by atoms with Crippen molar-refractivity contribution in [2.24, 2.45) is 7.05 Å². The third-order valence-corrected chi connectivity index (χ3v) is 5.17. The average Bonchev–Trinajstić information content (AvgIpc) is 2.93. The van der Waals surface area contributed by atoms with E-state index in [9.17, 15) is 9.90 Å². The number of aryl methyl sites for hydroxylation is 2. The lowest BCUT2D eigenvalue weighted by Crippen LogP contribution is -2.19. The summed E-state index contributed by atoms with van der Waals surface area (Å²) in [6, 6.07) is 7.59. The first-order valence-corrected chi connectivity index (χ1v) is 8.01. The smallest absolute Gasteiger partial charge is 0.263 e. The molecule has 0 aliphatic rings. The van der Waals surface area contributed by atoms with Crippen molar-refractivity contribution in [3.05, 3.63) is 45.2 Å². The zero-order valence-electron chi connectivity index (χ0n) is 13.0. The molecule has 0 radical (unpaired) electrons. The van der Waals surface area contributed by atoms with E-state index in [-0.39, 0.29) is 17.2 Å². The molecule has 0 amide bonds.